The van der Waals surface area contributed by atoms with Gasteiger partial charge < -0.3 is 5.48 Å². The van der Waals surface area contributed by atoms with Crippen molar-refractivity contribution < 1.29 is 22.5 Å². The van der Waals surface area contributed by atoms with Crippen LogP contribution in [0.5, 0.6) is 0 Å². The van der Waals surface area contributed by atoms with E-state index in [-0.39, 0.29) is 77.6 Å². The molecule has 0 aromatic heterocycles. The molecule has 1 nitrogen and oxygen atoms in total. The first-order valence-corrected chi connectivity index (χ1v) is 0. The Morgan fingerprint density at radius 2 is 1.00 bits per heavy atom. The molecule has 13 valence electrons. The van der Waals surface area contributed by atoms with E-state index in [2.05, 4.69) is 0 Å². The molecular weight excluding hydrogens is 139 g/mol. The average molecular weight is 139 g/mol. The van der Waals surface area contributed by atoms with E-state index in [1.165, 1.54) is 0 Å². The van der Waals surface area contributed by atoms with E-state index in [0.29, 0.717) is 0 Å². The van der Waals surface area contributed by atoms with Gasteiger partial charge in [0.2, 0.25) is 0 Å². The van der Waals surface area contributed by atoms with E-state index in [9.17, 15) is 0 Å². The summed E-state index contributed by atoms with van der Waals surface area (Å²) >= 11 is 0. The number of rotatable bonds is 0. The van der Waals surface area contributed by atoms with Crippen LogP contribution in [-0.4, -0.2) is 55.1 Å². The Hall–Kier alpha value is 2.27. The van der Waals surface area contributed by atoms with E-state index >= 15 is 0 Å². The minimum absolute atomic E-state index is 0. The van der Waals surface area contributed by atoms with Gasteiger partial charge in [-0.3, -0.25) is 0 Å². The van der Waals surface area contributed by atoms with Gasteiger partial charge in [0.25, 0.3) is 0 Å². The van der Waals surface area contributed by atoms with Crippen LogP contribution in [0.2, 0.25) is 0 Å². The Labute approximate surface area is 76.4 Å². The first kappa shape index (κ1) is 33.8. The molecule has 0 amide bonds. The fourth-order valence-electron chi connectivity index (χ4n) is 0. The minimum atomic E-state index is 0. The van der Waals surface area contributed by atoms with Crippen molar-refractivity contribution in [2.45, 2.75) is 0 Å². The smallest absolute Gasteiger partial charge is 2.00 e. The zero-order valence-corrected chi connectivity index (χ0v) is 6.51. The summed E-state index contributed by atoms with van der Waals surface area (Å²) in [6.45, 7) is 0. The molecule has 0 aliphatic heterocycles. The zero-order valence-electron chi connectivity index (χ0n) is 2.05. The van der Waals surface area contributed by atoms with Crippen molar-refractivity contribution in [1.29, 1.82) is 0 Å². The fraction of sp³-hybridized carbons (Fsp3) is 0. The van der Waals surface area contributed by atoms with E-state index in [1.807, 2.05) is 0 Å². The molecule has 0 saturated carbocycles. The van der Waals surface area contributed by atoms with Crippen LogP contribution in [0.4, 0.5) is 0 Å². The molecule has 0 spiro atoms. The Morgan fingerprint density at radius 3 is 1.00 bits per heavy atom. The maximum Gasteiger partial charge on any atom is 3.00 e. The van der Waals surface area contributed by atoms with E-state index < -0.39 is 0 Å². The summed E-state index contributed by atoms with van der Waals surface area (Å²) in [7, 11) is 0. The van der Waals surface area contributed by atoms with Crippen LogP contribution in [-0.2, 0) is 22.5 Å². The van der Waals surface area contributed by atoms with Crippen molar-refractivity contribution in [3.05, 3.63) is 0 Å². The molecule has 0 aromatic carbocycles. The predicted molar refractivity (Wildman–Crippen MR) is 12.2 cm³/mol. The summed E-state index contributed by atoms with van der Waals surface area (Å²) in [6, 6.07) is 0. The van der Waals surface area contributed by atoms with Gasteiger partial charge in [0.15, 0.2) is 0 Å². The molecule has 0 heterocycles. The Morgan fingerprint density at radius 1 is 1.00 bits per heavy atom. The van der Waals surface area contributed by atoms with E-state index in [0.717, 1.165) is 0 Å². The summed E-state index contributed by atoms with van der Waals surface area (Å²) in [4.78, 5) is 0. The molecule has 0 unspecified atom stereocenters. The standard InChI is InChI=1S/Al.Ca.Fe.O/q+3;+2;+3;-2. The second kappa shape index (κ2) is 18.6. The molecule has 0 aromatic rings. The second-order valence-corrected chi connectivity index (χ2v) is 0. The topological polar surface area (TPSA) is 28.5 Å². The van der Waals surface area contributed by atoms with E-state index in [4.69, 9.17) is 0 Å². The van der Waals surface area contributed by atoms with Crippen LogP contribution in [0, 0.1) is 0 Å². The first-order chi connectivity index (χ1) is 0. The molecule has 1 radical (unpaired) electrons. The monoisotopic (exact) mass is 139 g/mol. The van der Waals surface area contributed by atoms with Gasteiger partial charge in [-0.15, -0.1) is 0 Å². The summed E-state index contributed by atoms with van der Waals surface area (Å²) in [5.41, 5.74) is 0. The summed E-state index contributed by atoms with van der Waals surface area (Å²) < 4.78 is 0. The summed E-state index contributed by atoms with van der Waals surface area (Å²) in [6.07, 6.45) is 0. The van der Waals surface area contributed by atoms with Crippen LogP contribution in [0.1, 0.15) is 0 Å². The van der Waals surface area contributed by atoms with Crippen molar-refractivity contribution in [3.63, 3.8) is 0 Å². The van der Waals surface area contributed by atoms with Crippen molar-refractivity contribution in [3.8, 4) is 0 Å². The molecule has 0 fully saturated rings. The molecule has 0 N–H and O–H groups in total. The van der Waals surface area contributed by atoms with Gasteiger partial charge in [0.05, 0.1) is 0 Å². The minimum Gasteiger partial charge on any atom is -2.00 e. The molecule has 0 atom stereocenters. The normalized spacial score (nSPS) is 0. The van der Waals surface area contributed by atoms with Gasteiger partial charge in [-0.1, -0.05) is 0 Å². The molecule has 0 rings (SSSR count). The van der Waals surface area contributed by atoms with Gasteiger partial charge in [-0.25, -0.2) is 0 Å². The molecule has 0 bridgehead atoms. The molecule has 0 aliphatic carbocycles. The van der Waals surface area contributed by atoms with Crippen LogP contribution in [0.15, 0.2) is 0 Å². The fourth-order valence-corrected chi connectivity index (χ4v) is 0. The summed E-state index contributed by atoms with van der Waals surface area (Å²) in [5.74, 6) is 0. The second-order valence-electron chi connectivity index (χ2n) is 0. The van der Waals surface area contributed by atoms with Gasteiger partial charge >= 0.3 is 72.2 Å². The van der Waals surface area contributed by atoms with Gasteiger partial charge in [-0.05, 0) is 0 Å². The van der Waals surface area contributed by atoms with Crippen molar-refractivity contribution >= 4 is 55.1 Å². The summed E-state index contributed by atoms with van der Waals surface area (Å²) in [5, 5.41) is 0. The Kier molecular flexibility index (Phi) is 157. The molecule has 0 saturated heterocycles. The van der Waals surface area contributed by atoms with Crippen LogP contribution in [0.25, 0.3) is 0 Å². The molecule has 4 heteroatoms. The average Bonchev–Trinajstić information content (AvgIpc) is 0. The van der Waals surface area contributed by atoms with Gasteiger partial charge in [0.1, 0.15) is 0 Å². The Bertz CT molecular complexity index is 8.00. The predicted octanol–water partition coefficient (Wildman–Crippen LogP) is -0.883. The third kappa shape index (κ3) is 8.86. The third-order valence-electron chi connectivity index (χ3n) is 0. The number of hydrogen-bond acceptors (Lipinski definition) is 0. The van der Waals surface area contributed by atoms with Crippen LogP contribution < -0.4 is 0 Å². The molecular formula is AlCaFeO+6. The zero-order chi connectivity index (χ0) is 0. The van der Waals surface area contributed by atoms with E-state index in [1.54, 1.807) is 0 Å². The van der Waals surface area contributed by atoms with Crippen molar-refractivity contribution in [1.82, 2.24) is 0 Å². The maximum atomic E-state index is 0. The van der Waals surface area contributed by atoms with Gasteiger partial charge in [0, 0.05) is 0 Å². The van der Waals surface area contributed by atoms with Gasteiger partial charge in [-0.2, -0.15) is 0 Å². The third-order valence-corrected chi connectivity index (χ3v) is 0. The Balaban J connectivity index is 0. The van der Waals surface area contributed by atoms with Crippen LogP contribution >= 0.6 is 0 Å². The van der Waals surface area contributed by atoms with Crippen molar-refractivity contribution in [2.24, 2.45) is 0 Å². The van der Waals surface area contributed by atoms with Crippen LogP contribution in [0.3, 0.4) is 0 Å². The SMILES string of the molecule is [Al+3].[Ca+2].[Fe+3].[O-2]. The molecule has 0 aliphatic rings. The first-order valence-electron chi connectivity index (χ1n) is 0. The quantitative estimate of drug-likeness (QED) is 0.390. The maximum absolute atomic E-state index is 0. The van der Waals surface area contributed by atoms with Crippen molar-refractivity contribution in [2.75, 3.05) is 0 Å². The molecule has 4 heavy (non-hydrogen) atoms. The largest absolute Gasteiger partial charge is 3.00 e. The number of hydrogen-bond donors (Lipinski definition) is 0.